The molecule has 0 heterocycles. The second-order valence-electron chi connectivity index (χ2n) is 11.5. The molecule has 3 saturated carbocycles. The van der Waals surface area contributed by atoms with Gasteiger partial charge < -0.3 is 5.11 Å². The molecule has 0 saturated heterocycles. The highest BCUT2D eigenvalue weighted by atomic mass is 16.3. The van der Waals surface area contributed by atoms with Crippen LogP contribution in [0.2, 0.25) is 0 Å². The SMILES string of the molecule is Cc1ccccc1/C=C/CC1CCC2C3CC=C4CC(O)CCC4(C)C3CCC12C. The fourth-order valence-electron chi connectivity index (χ4n) is 8.27. The normalized spacial score (nSPS) is 43.1. The molecule has 4 aliphatic rings. The summed E-state index contributed by atoms with van der Waals surface area (Å²) in [4.78, 5) is 0. The fraction of sp³-hybridized carbons (Fsp3) is 0.655. The summed E-state index contributed by atoms with van der Waals surface area (Å²) < 4.78 is 0. The molecular weight excluding hydrogens is 364 g/mol. The number of rotatable bonds is 3. The molecule has 0 spiro atoms. The molecule has 1 aromatic carbocycles. The topological polar surface area (TPSA) is 20.2 Å². The quantitative estimate of drug-likeness (QED) is 0.523. The first kappa shape index (κ1) is 20.6. The van der Waals surface area contributed by atoms with Crippen molar-refractivity contribution in [2.45, 2.75) is 84.7 Å². The van der Waals surface area contributed by atoms with Crippen molar-refractivity contribution in [2.75, 3.05) is 0 Å². The summed E-state index contributed by atoms with van der Waals surface area (Å²) >= 11 is 0. The van der Waals surface area contributed by atoms with Crippen molar-refractivity contribution >= 4 is 6.08 Å². The van der Waals surface area contributed by atoms with Gasteiger partial charge in [0.25, 0.3) is 0 Å². The summed E-state index contributed by atoms with van der Waals surface area (Å²) in [5, 5.41) is 10.2. The molecule has 7 atom stereocenters. The first-order valence-electron chi connectivity index (χ1n) is 12.5. The van der Waals surface area contributed by atoms with Crippen LogP contribution in [0.4, 0.5) is 0 Å². The van der Waals surface area contributed by atoms with Gasteiger partial charge in [0.05, 0.1) is 6.10 Å². The summed E-state index contributed by atoms with van der Waals surface area (Å²) in [6, 6.07) is 8.73. The minimum absolute atomic E-state index is 0.0920. The van der Waals surface area contributed by atoms with Gasteiger partial charge in [-0.1, -0.05) is 61.9 Å². The van der Waals surface area contributed by atoms with E-state index in [1.165, 1.54) is 56.1 Å². The molecule has 1 heteroatoms. The standard InChI is InChI=1S/C29H40O/c1-20-7-4-5-8-21(20)9-6-10-22-12-14-26-25-13-11-23-19-24(30)15-17-29(23,3)27(25)16-18-28(22,26)2/h4-9,11,22,24-27,30H,10,12-19H2,1-3H3/b9-6+. The number of hydrogen-bond acceptors (Lipinski definition) is 1. The Balaban J connectivity index is 1.32. The van der Waals surface area contributed by atoms with Gasteiger partial charge in [-0.3, -0.25) is 0 Å². The lowest BCUT2D eigenvalue weighted by molar-refractivity contribution is -0.0492. The third-order valence-electron chi connectivity index (χ3n) is 10.2. The van der Waals surface area contributed by atoms with Crippen molar-refractivity contribution in [3.8, 4) is 0 Å². The molecule has 0 aliphatic heterocycles. The average molecular weight is 405 g/mol. The van der Waals surface area contributed by atoms with Crippen LogP contribution in [0, 0.1) is 41.4 Å². The van der Waals surface area contributed by atoms with E-state index in [-0.39, 0.29) is 6.10 Å². The first-order valence-corrected chi connectivity index (χ1v) is 12.5. The number of hydrogen-bond donors (Lipinski definition) is 1. The molecule has 5 rings (SSSR count). The summed E-state index contributed by atoms with van der Waals surface area (Å²) in [5.41, 5.74) is 5.24. The van der Waals surface area contributed by atoms with E-state index in [1.54, 1.807) is 5.57 Å². The Hall–Kier alpha value is -1.34. The molecule has 162 valence electrons. The summed E-state index contributed by atoms with van der Waals surface area (Å²) in [5.74, 6) is 3.46. The van der Waals surface area contributed by atoms with Crippen LogP contribution in [0.1, 0.15) is 82.8 Å². The van der Waals surface area contributed by atoms with Crippen molar-refractivity contribution in [1.29, 1.82) is 0 Å². The number of aliphatic hydroxyl groups is 1. The van der Waals surface area contributed by atoms with Crippen LogP contribution in [0.15, 0.2) is 42.0 Å². The largest absolute Gasteiger partial charge is 0.393 e. The van der Waals surface area contributed by atoms with E-state index in [0.717, 1.165) is 36.5 Å². The van der Waals surface area contributed by atoms with Crippen LogP contribution in [-0.2, 0) is 0 Å². The van der Waals surface area contributed by atoms with Crippen molar-refractivity contribution in [3.05, 3.63) is 53.1 Å². The number of aryl methyl sites for hydroxylation is 1. The highest BCUT2D eigenvalue weighted by molar-refractivity contribution is 5.53. The van der Waals surface area contributed by atoms with Gasteiger partial charge in [-0.15, -0.1) is 0 Å². The van der Waals surface area contributed by atoms with E-state index in [2.05, 4.69) is 63.3 Å². The Kier molecular flexibility index (Phi) is 5.25. The molecule has 0 bridgehead atoms. The molecule has 30 heavy (non-hydrogen) atoms. The molecule has 7 unspecified atom stereocenters. The molecule has 1 nitrogen and oxygen atoms in total. The summed E-state index contributed by atoms with van der Waals surface area (Å²) in [7, 11) is 0. The summed E-state index contributed by atoms with van der Waals surface area (Å²) in [6.45, 7) is 7.39. The number of aliphatic hydroxyl groups excluding tert-OH is 1. The second-order valence-corrected chi connectivity index (χ2v) is 11.5. The maximum Gasteiger partial charge on any atom is 0.0577 e. The van der Waals surface area contributed by atoms with Crippen molar-refractivity contribution < 1.29 is 5.11 Å². The third-order valence-corrected chi connectivity index (χ3v) is 10.2. The lowest BCUT2D eigenvalue weighted by Crippen LogP contribution is -2.50. The first-order chi connectivity index (χ1) is 14.4. The molecular formula is C29H40O. The highest BCUT2D eigenvalue weighted by Crippen LogP contribution is 2.66. The van der Waals surface area contributed by atoms with Gasteiger partial charge in [0.15, 0.2) is 0 Å². The molecule has 1 N–H and O–H groups in total. The van der Waals surface area contributed by atoms with Gasteiger partial charge in [-0.2, -0.15) is 0 Å². The highest BCUT2D eigenvalue weighted by Gasteiger charge is 2.58. The van der Waals surface area contributed by atoms with Crippen LogP contribution >= 0.6 is 0 Å². The third kappa shape index (κ3) is 3.24. The minimum Gasteiger partial charge on any atom is -0.393 e. The Morgan fingerprint density at radius 3 is 2.70 bits per heavy atom. The molecule has 0 radical (unpaired) electrons. The van der Waals surface area contributed by atoms with Crippen LogP contribution < -0.4 is 0 Å². The zero-order chi connectivity index (χ0) is 20.9. The van der Waals surface area contributed by atoms with Gasteiger partial charge >= 0.3 is 0 Å². The monoisotopic (exact) mass is 404 g/mol. The molecule has 0 aromatic heterocycles. The second kappa shape index (κ2) is 7.66. The molecule has 1 aromatic rings. The fourth-order valence-corrected chi connectivity index (χ4v) is 8.27. The van der Waals surface area contributed by atoms with Gasteiger partial charge in [0.2, 0.25) is 0 Å². The number of benzene rings is 1. The molecule has 0 amide bonds. The van der Waals surface area contributed by atoms with Crippen molar-refractivity contribution in [1.82, 2.24) is 0 Å². The van der Waals surface area contributed by atoms with Gasteiger partial charge in [-0.25, -0.2) is 0 Å². The minimum atomic E-state index is -0.0920. The van der Waals surface area contributed by atoms with Crippen molar-refractivity contribution in [2.24, 2.45) is 34.5 Å². The van der Waals surface area contributed by atoms with Gasteiger partial charge in [0.1, 0.15) is 0 Å². The van der Waals surface area contributed by atoms with E-state index in [1.807, 2.05) is 0 Å². The Morgan fingerprint density at radius 2 is 1.87 bits per heavy atom. The van der Waals surface area contributed by atoms with E-state index in [4.69, 9.17) is 0 Å². The van der Waals surface area contributed by atoms with E-state index in [0.29, 0.717) is 10.8 Å². The Morgan fingerprint density at radius 1 is 1.03 bits per heavy atom. The predicted molar refractivity (Wildman–Crippen MR) is 126 cm³/mol. The Labute approximate surface area is 183 Å². The van der Waals surface area contributed by atoms with Crippen LogP contribution in [0.5, 0.6) is 0 Å². The molecule has 4 aliphatic carbocycles. The zero-order valence-corrected chi connectivity index (χ0v) is 19.2. The van der Waals surface area contributed by atoms with Crippen LogP contribution in [0.25, 0.3) is 6.08 Å². The van der Waals surface area contributed by atoms with E-state index >= 15 is 0 Å². The number of fused-ring (bicyclic) bond motifs is 5. The average Bonchev–Trinajstić information content (AvgIpc) is 3.06. The van der Waals surface area contributed by atoms with Gasteiger partial charge in [-0.05, 0) is 110 Å². The zero-order valence-electron chi connectivity index (χ0n) is 19.2. The van der Waals surface area contributed by atoms with Crippen LogP contribution in [0.3, 0.4) is 0 Å². The Bertz CT molecular complexity index is 850. The summed E-state index contributed by atoms with van der Waals surface area (Å²) in [6.07, 6.45) is 18.6. The molecule has 3 fully saturated rings. The maximum atomic E-state index is 10.2. The lowest BCUT2D eigenvalue weighted by Gasteiger charge is -2.58. The lowest BCUT2D eigenvalue weighted by atomic mass is 9.47. The van der Waals surface area contributed by atoms with Crippen molar-refractivity contribution in [3.63, 3.8) is 0 Å². The van der Waals surface area contributed by atoms with Gasteiger partial charge in [0, 0.05) is 0 Å². The van der Waals surface area contributed by atoms with Crippen LogP contribution in [-0.4, -0.2) is 11.2 Å². The smallest absolute Gasteiger partial charge is 0.0577 e. The van der Waals surface area contributed by atoms with E-state index in [9.17, 15) is 5.11 Å². The van der Waals surface area contributed by atoms with E-state index < -0.39 is 0 Å². The number of allylic oxidation sites excluding steroid dienone is 2. The maximum absolute atomic E-state index is 10.2. The predicted octanol–water partition coefficient (Wildman–Crippen LogP) is 7.34.